The number of anilines is 3. The van der Waals surface area contributed by atoms with Crippen molar-refractivity contribution < 1.29 is 9.90 Å². The van der Waals surface area contributed by atoms with Crippen LogP contribution in [0.25, 0.3) is 10.8 Å². The van der Waals surface area contributed by atoms with Crippen molar-refractivity contribution in [3.8, 4) is 5.75 Å². The van der Waals surface area contributed by atoms with Crippen LogP contribution in [0.1, 0.15) is 16.2 Å². The number of benzene rings is 2. The molecular weight excluding hydrogens is 378 g/mol. The molecule has 0 bridgehead atoms. The van der Waals surface area contributed by atoms with Crippen LogP contribution in [0.3, 0.4) is 0 Å². The van der Waals surface area contributed by atoms with E-state index >= 15 is 0 Å². The molecule has 9 nitrogen and oxygen atoms in total. The minimum atomic E-state index is -0.524. The van der Waals surface area contributed by atoms with Crippen LogP contribution in [0.4, 0.5) is 16.8 Å². The summed E-state index contributed by atoms with van der Waals surface area (Å²) in [7, 11) is 0. The highest BCUT2D eigenvalue weighted by Crippen LogP contribution is 2.36. The van der Waals surface area contributed by atoms with E-state index < -0.39 is 5.91 Å². The van der Waals surface area contributed by atoms with E-state index in [1.807, 2.05) is 24.3 Å². The first-order chi connectivity index (χ1) is 13.6. The van der Waals surface area contributed by atoms with Crippen LogP contribution in [0.2, 0.25) is 0 Å². The minimum absolute atomic E-state index is 0.0869. The molecule has 4 rings (SSSR count). The van der Waals surface area contributed by atoms with Crippen LogP contribution >= 0.6 is 11.5 Å². The predicted molar refractivity (Wildman–Crippen MR) is 107 cm³/mol. The first-order valence-corrected chi connectivity index (χ1v) is 9.04. The van der Waals surface area contributed by atoms with Gasteiger partial charge in [0.2, 0.25) is 11.1 Å². The highest BCUT2D eigenvalue weighted by molar-refractivity contribution is 7.09. The molecule has 140 valence electrons. The molecule has 0 saturated carbocycles. The highest BCUT2D eigenvalue weighted by Gasteiger charge is 2.19. The van der Waals surface area contributed by atoms with E-state index in [-0.39, 0.29) is 17.3 Å². The van der Waals surface area contributed by atoms with Gasteiger partial charge in [0, 0.05) is 29.3 Å². The Hall–Kier alpha value is -3.79. The molecule has 28 heavy (non-hydrogen) atoms. The Balaban J connectivity index is 1.71. The second-order valence-corrected chi connectivity index (χ2v) is 6.54. The van der Waals surface area contributed by atoms with Crippen molar-refractivity contribution >= 4 is 45.0 Å². The summed E-state index contributed by atoms with van der Waals surface area (Å²) in [6.07, 6.45) is 3.04. The van der Waals surface area contributed by atoms with Gasteiger partial charge in [0.25, 0.3) is 5.91 Å². The van der Waals surface area contributed by atoms with Crippen LogP contribution < -0.4 is 16.2 Å². The first-order valence-electron chi connectivity index (χ1n) is 8.27. The molecular formula is C18H15N7O2S. The quantitative estimate of drug-likeness (QED) is 0.301. The summed E-state index contributed by atoms with van der Waals surface area (Å²) < 4.78 is 4.09. The standard InChI is InChI=1S/C18H15N7O2S/c1-10-21-18(28-25-10)24-23-14-12-6-3-2-5-11(12)9-13(15(14)26)16(27)22-17-19-7-4-8-20-17/h2-9,23,26H,1H3,(H,21,24,25)(H,19,20,22,27). The Morgan fingerprint density at radius 1 is 1.11 bits per heavy atom. The summed E-state index contributed by atoms with van der Waals surface area (Å²) in [4.78, 5) is 24.8. The zero-order valence-electron chi connectivity index (χ0n) is 14.7. The average Bonchev–Trinajstić information content (AvgIpc) is 3.12. The summed E-state index contributed by atoms with van der Waals surface area (Å²) in [5.74, 6) is 0.0570. The number of amides is 1. The van der Waals surface area contributed by atoms with E-state index in [0.29, 0.717) is 16.6 Å². The third-order valence-electron chi connectivity index (χ3n) is 3.88. The fourth-order valence-corrected chi connectivity index (χ4v) is 3.16. The molecule has 0 atom stereocenters. The SMILES string of the molecule is Cc1nsc(NNc2c(O)c(C(=O)Nc3ncccn3)cc3ccccc23)n1. The van der Waals surface area contributed by atoms with Crippen molar-refractivity contribution in [2.24, 2.45) is 0 Å². The molecule has 4 N–H and O–H groups in total. The van der Waals surface area contributed by atoms with Crippen molar-refractivity contribution in [2.75, 3.05) is 16.2 Å². The number of hydrazine groups is 1. The van der Waals surface area contributed by atoms with Crippen molar-refractivity contribution in [3.05, 3.63) is 60.2 Å². The van der Waals surface area contributed by atoms with Gasteiger partial charge < -0.3 is 5.11 Å². The summed E-state index contributed by atoms with van der Waals surface area (Å²) in [5, 5.41) is 15.4. The molecule has 0 aliphatic carbocycles. The molecule has 0 aliphatic rings. The number of carbonyl (C=O) groups excluding carboxylic acids is 1. The van der Waals surface area contributed by atoms with Gasteiger partial charge in [-0.05, 0) is 24.4 Å². The van der Waals surface area contributed by atoms with E-state index in [1.165, 1.54) is 23.9 Å². The summed E-state index contributed by atoms with van der Waals surface area (Å²) in [6, 6.07) is 10.7. The molecule has 4 aromatic rings. The zero-order valence-corrected chi connectivity index (χ0v) is 15.5. The summed E-state index contributed by atoms with van der Waals surface area (Å²) in [6.45, 7) is 1.78. The number of rotatable bonds is 5. The van der Waals surface area contributed by atoms with Gasteiger partial charge in [-0.2, -0.15) is 4.37 Å². The topological polar surface area (TPSA) is 125 Å². The maximum Gasteiger partial charge on any atom is 0.261 e. The Morgan fingerprint density at radius 3 is 2.64 bits per heavy atom. The van der Waals surface area contributed by atoms with Gasteiger partial charge in [0.1, 0.15) is 11.5 Å². The van der Waals surface area contributed by atoms with Crippen LogP contribution in [-0.4, -0.2) is 30.3 Å². The average molecular weight is 393 g/mol. The molecule has 1 amide bonds. The highest BCUT2D eigenvalue weighted by atomic mass is 32.1. The Kier molecular flexibility index (Phi) is 4.68. The van der Waals surface area contributed by atoms with Crippen molar-refractivity contribution in [1.29, 1.82) is 0 Å². The number of phenolic OH excluding ortho intramolecular Hbond substituents is 1. The number of hydrogen-bond acceptors (Lipinski definition) is 9. The molecule has 0 unspecified atom stereocenters. The van der Waals surface area contributed by atoms with Gasteiger partial charge in [-0.15, -0.1) is 0 Å². The molecule has 2 heterocycles. The van der Waals surface area contributed by atoms with Crippen molar-refractivity contribution in [2.45, 2.75) is 6.92 Å². The normalized spacial score (nSPS) is 10.6. The van der Waals surface area contributed by atoms with Gasteiger partial charge in [-0.3, -0.25) is 21.0 Å². The maximum atomic E-state index is 12.7. The number of fused-ring (bicyclic) bond motifs is 1. The lowest BCUT2D eigenvalue weighted by Gasteiger charge is -2.15. The number of hydrogen-bond donors (Lipinski definition) is 4. The molecule has 0 fully saturated rings. The summed E-state index contributed by atoms with van der Waals surface area (Å²) >= 11 is 1.18. The maximum absolute atomic E-state index is 12.7. The molecule has 0 saturated heterocycles. The molecule has 0 aliphatic heterocycles. The number of carbonyl (C=O) groups is 1. The van der Waals surface area contributed by atoms with E-state index in [2.05, 4.69) is 35.5 Å². The third-order valence-corrected chi connectivity index (χ3v) is 4.60. The molecule has 10 heteroatoms. The van der Waals surface area contributed by atoms with Gasteiger partial charge in [0.15, 0.2) is 5.75 Å². The van der Waals surface area contributed by atoms with Crippen LogP contribution in [-0.2, 0) is 0 Å². The monoisotopic (exact) mass is 393 g/mol. The number of aryl methyl sites for hydroxylation is 1. The lowest BCUT2D eigenvalue weighted by Crippen LogP contribution is -2.16. The van der Waals surface area contributed by atoms with E-state index in [0.717, 1.165) is 10.8 Å². The van der Waals surface area contributed by atoms with Crippen LogP contribution in [0, 0.1) is 6.92 Å². The molecule has 2 aromatic heterocycles. The fraction of sp³-hybridized carbons (Fsp3) is 0.0556. The Labute approximate surface area is 163 Å². The van der Waals surface area contributed by atoms with Crippen molar-refractivity contribution in [1.82, 2.24) is 19.3 Å². The number of aromatic hydroxyl groups is 1. The Bertz CT molecular complexity index is 1150. The van der Waals surface area contributed by atoms with Crippen LogP contribution in [0.15, 0.2) is 48.8 Å². The zero-order chi connectivity index (χ0) is 19.5. The van der Waals surface area contributed by atoms with Gasteiger partial charge >= 0.3 is 0 Å². The smallest absolute Gasteiger partial charge is 0.261 e. The van der Waals surface area contributed by atoms with E-state index in [9.17, 15) is 9.90 Å². The number of aromatic nitrogens is 4. The lowest BCUT2D eigenvalue weighted by molar-refractivity contribution is 0.102. The predicted octanol–water partition coefficient (Wildman–Crippen LogP) is 3.19. The summed E-state index contributed by atoms with van der Waals surface area (Å²) in [5.41, 5.74) is 6.29. The molecule has 2 aromatic carbocycles. The second kappa shape index (κ2) is 7.45. The van der Waals surface area contributed by atoms with Gasteiger partial charge in [-0.25, -0.2) is 15.0 Å². The molecule has 0 radical (unpaired) electrons. The van der Waals surface area contributed by atoms with E-state index in [4.69, 9.17) is 0 Å². The third kappa shape index (κ3) is 3.53. The minimum Gasteiger partial charge on any atom is -0.505 e. The van der Waals surface area contributed by atoms with E-state index in [1.54, 1.807) is 19.1 Å². The van der Waals surface area contributed by atoms with Gasteiger partial charge in [0.05, 0.1) is 5.56 Å². The molecule has 0 spiro atoms. The lowest BCUT2D eigenvalue weighted by atomic mass is 10.0. The number of nitrogens with zero attached hydrogens (tertiary/aromatic N) is 4. The Morgan fingerprint density at radius 2 is 1.89 bits per heavy atom. The first kappa shape index (κ1) is 17.6. The number of phenols is 1. The van der Waals surface area contributed by atoms with Gasteiger partial charge in [-0.1, -0.05) is 24.3 Å². The van der Waals surface area contributed by atoms with Crippen LogP contribution in [0.5, 0.6) is 5.75 Å². The van der Waals surface area contributed by atoms with Crippen molar-refractivity contribution in [3.63, 3.8) is 0 Å². The fourth-order valence-electron chi connectivity index (χ4n) is 2.63. The second-order valence-electron chi connectivity index (χ2n) is 5.79. The largest absolute Gasteiger partial charge is 0.505 e. The number of nitrogens with one attached hydrogen (secondary N) is 3.